The second kappa shape index (κ2) is 7.34. The van der Waals surface area contributed by atoms with Gasteiger partial charge in [0.15, 0.2) is 0 Å². The van der Waals surface area contributed by atoms with Crippen LogP contribution in [0, 0.1) is 6.92 Å². The van der Waals surface area contributed by atoms with Gasteiger partial charge in [-0.3, -0.25) is 4.79 Å². The highest BCUT2D eigenvalue weighted by Crippen LogP contribution is 2.37. The van der Waals surface area contributed by atoms with E-state index in [2.05, 4.69) is 6.07 Å². The Morgan fingerprint density at radius 2 is 1.79 bits per heavy atom. The minimum Gasteiger partial charge on any atom is -0.392 e. The van der Waals surface area contributed by atoms with Crippen molar-refractivity contribution >= 4 is 5.78 Å². The number of aliphatic hydroxyl groups excluding tert-OH is 1. The van der Waals surface area contributed by atoms with Crippen LogP contribution in [0.25, 0.3) is 16.9 Å². The number of ketones is 1. The number of carbonyl (C=O) groups excluding carboxylic acids is 1. The Morgan fingerprint density at radius 3 is 2.43 bits per heavy atom. The summed E-state index contributed by atoms with van der Waals surface area (Å²) in [5, 5.41) is 25.2. The summed E-state index contributed by atoms with van der Waals surface area (Å²) in [6.07, 6.45) is 1.57. The summed E-state index contributed by atoms with van der Waals surface area (Å²) in [6, 6.07) is 17.7. The fourth-order valence-electron chi connectivity index (χ4n) is 3.76. The summed E-state index contributed by atoms with van der Waals surface area (Å²) in [5.41, 5.74) is 4.25. The maximum absolute atomic E-state index is 11.6. The van der Waals surface area contributed by atoms with E-state index in [1.165, 1.54) is 0 Å². The van der Waals surface area contributed by atoms with Crippen molar-refractivity contribution in [3.05, 3.63) is 71.4 Å². The molecule has 1 aliphatic carbocycles. The van der Waals surface area contributed by atoms with Crippen LogP contribution < -0.4 is 0 Å². The van der Waals surface area contributed by atoms with Gasteiger partial charge in [0.25, 0.3) is 0 Å². The Kier molecular flexibility index (Phi) is 4.87. The maximum Gasteiger partial charge on any atom is 0.133 e. The van der Waals surface area contributed by atoms with Crippen LogP contribution in [-0.4, -0.2) is 25.8 Å². The number of Topliss-reactive ketones (excluding diaryl/α,β-unsaturated/α-hetero) is 1. The number of aromatic nitrogens is 2. The van der Waals surface area contributed by atoms with Gasteiger partial charge in [-0.25, -0.2) is 4.68 Å². The molecule has 0 amide bonds. The number of carbonyl (C=O) groups is 1. The van der Waals surface area contributed by atoms with Crippen molar-refractivity contribution in [1.29, 1.82) is 0 Å². The lowest BCUT2D eigenvalue weighted by molar-refractivity contribution is -0.125. The van der Waals surface area contributed by atoms with E-state index >= 15 is 0 Å². The lowest BCUT2D eigenvalue weighted by Crippen LogP contribution is -2.32. The van der Waals surface area contributed by atoms with Crippen LogP contribution in [0.2, 0.25) is 0 Å². The normalized spacial score (nSPS) is 16.3. The van der Waals surface area contributed by atoms with Crippen molar-refractivity contribution in [2.24, 2.45) is 0 Å². The quantitative estimate of drug-likeness (QED) is 0.728. The Bertz CT molecular complexity index is 995. The molecule has 2 N–H and O–H groups in total. The van der Waals surface area contributed by atoms with Crippen LogP contribution in [0.15, 0.2) is 54.6 Å². The zero-order valence-corrected chi connectivity index (χ0v) is 15.9. The molecule has 0 saturated heterocycles. The minimum absolute atomic E-state index is 0.0108. The van der Waals surface area contributed by atoms with Crippen molar-refractivity contribution in [2.75, 3.05) is 0 Å². The minimum atomic E-state index is -1.08. The topological polar surface area (TPSA) is 75.3 Å². The number of hydrogen-bond donors (Lipinski definition) is 2. The summed E-state index contributed by atoms with van der Waals surface area (Å²) in [4.78, 5) is 11.6. The molecule has 1 fully saturated rings. The largest absolute Gasteiger partial charge is 0.392 e. The molecule has 5 nitrogen and oxygen atoms in total. The first-order chi connectivity index (χ1) is 13.5. The molecule has 0 aliphatic heterocycles. The molecule has 0 bridgehead atoms. The first-order valence-corrected chi connectivity index (χ1v) is 9.60. The SMILES string of the molecule is Cc1cccc(-c2cc(C3(O)CCC(=O)CC3)nn2-c2ccc(CO)cc2)c1. The van der Waals surface area contributed by atoms with Gasteiger partial charge in [0, 0.05) is 18.4 Å². The summed E-state index contributed by atoms with van der Waals surface area (Å²) >= 11 is 0. The van der Waals surface area contributed by atoms with Crippen LogP contribution in [0.5, 0.6) is 0 Å². The van der Waals surface area contributed by atoms with Gasteiger partial charge in [0.1, 0.15) is 11.4 Å². The Hall–Kier alpha value is -2.76. The van der Waals surface area contributed by atoms with Gasteiger partial charge in [0.05, 0.1) is 23.7 Å². The van der Waals surface area contributed by atoms with Gasteiger partial charge in [0.2, 0.25) is 0 Å². The predicted octanol–water partition coefficient (Wildman–Crippen LogP) is 3.67. The zero-order chi connectivity index (χ0) is 19.7. The van der Waals surface area contributed by atoms with Gasteiger partial charge in [-0.1, -0.05) is 35.9 Å². The van der Waals surface area contributed by atoms with Crippen LogP contribution in [0.1, 0.15) is 42.5 Å². The molecule has 1 heterocycles. The van der Waals surface area contributed by atoms with Gasteiger partial charge in [-0.2, -0.15) is 5.10 Å². The molecule has 0 atom stereocenters. The van der Waals surface area contributed by atoms with Crippen molar-refractivity contribution in [3.63, 3.8) is 0 Å². The Balaban J connectivity index is 1.83. The molecule has 1 aromatic heterocycles. The second-order valence-corrected chi connectivity index (χ2v) is 7.59. The molecule has 0 radical (unpaired) electrons. The number of benzene rings is 2. The molecule has 144 valence electrons. The van der Waals surface area contributed by atoms with E-state index in [0.29, 0.717) is 31.4 Å². The number of aryl methyl sites for hydroxylation is 1. The molecule has 28 heavy (non-hydrogen) atoms. The van der Waals surface area contributed by atoms with Crippen LogP contribution in [0.4, 0.5) is 0 Å². The molecular weight excluding hydrogens is 352 g/mol. The Morgan fingerprint density at radius 1 is 1.07 bits per heavy atom. The summed E-state index contributed by atoms with van der Waals surface area (Å²) in [6.45, 7) is 2.03. The maximum atomic E-state index is 11.6. The first-order valence-electron chi connectivity index (χ1n) is 9.60. The third-order valence-corrected chi connectivity index (χ3v) is 5.50. The summed E-state index contributed by atoms with van der Waals surface area (Å²) in [7, 11) is 0. The number of hydrogen-bond acceptors (Lipinski definition) is 4. The average Bonchev–Trinajstić information content (AvgIpc) is 3.17. The van der Waals surface area contributed by atoms with E-state index < -0.39 is 5.60 Å². The number of aliphatic hydroxyl groups is 2. The zero-order valence-electron chi connectivity index (χ0n) is 15.9. The fraction of sp³-hybridized carbons (Fsp3) is 0.304. The van der Waals surface area contributed by atoms with E-state index in [-0.39, 0.29) is 12.4 Å². The van der Waals surface area contributed by atoms with Crippen LogP contribution in [0.3, 0.4) is 0 Å². The third kappa shape index (κ3) is 3.51. The van der Waals surface area contributed by atoms with Gasteiger partial charge >= 0.3 is 0 Å². The number of nitrogens with zero attached hydrogens (tertiary/aromatic N) is 2. The Labute approximate surface area is 164 Å². The lowest BCUT2D eigenvalue weighted by atomic mass is 9.82. The molecular formula is C23H24N2O3. The van der Waals surface area contributed by atoms with E-state index in [1.54, 1.807) is 0 Å². The highest BCUT2D eigenvalue weighted by molar-refractivity contribution is 5.79. The molecule has 0 unspecified atom stereocenters. The van der Waals surface area contributed by atoms with Crippen molar-refractivity contribution in [2.45, 2.75) is 44.8 Å². The number of rotatable bonds is 4. The lowest BCUT2D eigenvalue weighted by Gasteiger charge is -2.29. The fourth-order valence-corrected chi connectivity index (χ4v) is 3.76. The van der Waals surface area contributed by atoms with E-state index in [9.17, 15) is 15.0 Å². The molecule has 0 spiro atoms. The standard InChI is InChI=1S/C23H24N2O3/c1-16-3-2-4-18(13-16)21-14-22(23(28)11-9-20(27)10-12-23)24-25(21)19-7-5-17(15-26)6-8-19/h2-8,13-14,26,28H,9-12,15H2,1H3. The summed E-state index contributed by atoms with van der Waals surface area (Å²) < 4.78 is 1.83. The highest BCUT2D eigenvalue weighted by Gasteiger charge is 2.37. The van der Waals surface area contributed by atoms with Gasteiger partial charge in [-0.15, -0.1) is 0 Å². The molecule has 1 saturated carbocycles. The van der Waals surface area contributed by atoms with Gasteiger partial charge < -0.3 is 10.2 Å². The monoisotopic (exact) mass is 376 g/mol. The highest BCUT2D eigenvalue weighted by atomic mass is 16.3. The average molecular weight is 376 g/mol. The predicted molar refractivity (Wildman–Crippen MR) is 107 cm³/mol. The third-order valence-electron chi connectivity index (χ3n) is 5.50. The molecule has 1 aliphatic rings. The van der Waals surface area contributed by atoms with E-state index in [0.717, 1.165) is 28.1 Å². The molecule has 3 aromatic rings. The first kappa shape index (κ1) is 18.6. The van der Waals surface area contributed by atoms with Crippen molar-refractivity contribution < 1.29 is 15.0 Å². The van der Waals surface area contributed by atoms with Crippen LogP contribution in [-0.2, 0) is 17.0 Å². The molecule has 4 rings (SSSR count). The van der Waals surface area contributed by atoms with Gasteiger partial charge in [-0.05, 0) is 49.6 Å². The summed E-state index contributed by atoms with van der Waals surface area (Å²) in [5.74, 6) is 0.197. The molecule has 5 heteroatoms. The van der Waals surface area contributed by atoms with E-state index in [4.69, 9.17) is 5.10 Å². The van der Waals surface area contributed by atoms with Crippen LogP contribution >= 0.6 is 0 Å². The second-order valence-electron chi connectivity index (χ2n) is 7.59. The van der Waals surface area contributed by atoms with E-state index in [1.807, 2.05) is 60.1 Å². The van der Waals surface area contributed by atoms with Crippen molar-refractivity contribution in [1.82, 2.24) is 9.78 Å². The smallest absolute Gasteiger partial charge is 0.133 e. The van der Waals surface area contributed by atoms with Crippen molar-refractivity contribution in [3.8, 4) is 16.9 Å². The molecule has 2 aromatic carbocycles.